The summed E-state index contributed by atoms with van der Waals surface area (Å²) in [6, 6.07) is 1.22. The van der Waals surface area contributed by atoms with E-state index in [9.17, 15) is 14.9 Å². The predicted molar refractivity (Wildman–Crippen MR) is 70.2 cm³/mol. The average Bonchev–Trinajstić information content (AvgIpc) is 2.31. The highest BCUT2D eigenvalue weighted by Gasteiger charge is 2.22. The maximum atomic E-state index is 11.9. The molecule has 1 aliphatic carbocycles. The number of hydrogen-bond acceptors (Lipinski definition) is 4. The van der Waals surface area contributed by atoms with E-state index in [1.807, 2.05) is 0 Å². The third-order valence-electron chi connectivity index (χ3n) is 3.35. The van der Waals surface area contributed by atoms with E-state index >= 15 is 0 Å². The molecule has 1 N–H and O–H groups in total. The minimum absolute atomic E-state index is 0.0430. The number of nitro groups is 1. The normalized spacial score (nSPS) is 14.8. The van der Waals surface area contributed by atoms with Gasteiger partial charge in [0.15, 0.2) is 0 Å². The molecule has 0 aromatic carbocycles. The molecule has 1 aliphatic rings. The van der Waals surface area contributed by atoms with Crippen molar-refractivity contribution in [2.24, 2.45) is 5.92 Å². The van der Waals surface area contributed by atoms with Crippen molar-refractivity contribution < 1.29 is 9.72 Å². The topological polar surface area (TPSA) is 85.1 Å². The second-order valence-corrected chi connectivity index (χ2v) is 5.01. The van der Waals surface area contributed by atoms with Gasteiger partial charge in [-0.05, 0) is 18.4 Å². The van der Waals surface area contributed by atoms with Gasteiger partial charge in [-0.1, -0.05) is 30.9 Å². The zero-order valence-corrected chi connectivity index (χ0v) is 11.0. The van der Waals surface area contributed by atoms with E-state index in [4.69, 9.17) is 11.6 Å². The molecule has 1 amide bonds. The summed E-state index contributed by atoms with van der Waals surface area (Å²) in [4.78, 5) is 25.7. The molecule has 0 spiro atoms. The lowest BCUT2D eigenvalue weighted by atomic mass is 9.83. The van der Waals surface area contributed by atoms with Crippen LogP contribution >= 0.6 is 11.6 Å². The molecule has 102 valence electrons. The number of rotatable bonds is 5. The summed E-state index contributed by atoms with van der Waals surface area (Å²) in [6.45, 7) is 0.528. The molecule has 6 nitrogen and oxygen atoms in total. The fraction of sp³-hybridized carbons (Fsp3) is 0.500. The van der Waals surface area contributed by atoms with Gasteiger partial charge in [-0.3, -0.25) is 14.9 Å². The van der Waals surface area contributed by atoms with Crippen molar-refractivity contribution in [3.05, 3.63) is 33.1 Å². The standard InChI is InChI=1S/C12H14ClN3O3/c13-11-6-9(10(7-15-11)16(18)19)12(17)14-5-4-8-2-1-3-8/h6-8H,1-5H2,(H,14,17). The zero-order valence-electron chi connectivity index (χ0n) is 10.3. The summed E-state index contributed by atoms with van der Waals surface area (Å²) in [5.41, 5.74) is -0.371. The molecular weight excluding hydrogens is 270 g/mol. The molecule has 1 aromatic heterocycles. The molecule has 7 heteroatoms. The molecule has 0 bridgehead atoms. The third-order valence-corrected chi connectivity index (χ3v) is 3.56. The molecule has 0 unspecified atom stereocenters. The number of carbonyl (C=O) groups is 1. The molecule has 0 aliphatic heterocycles. The van der Waals surface area contributed by atoms with Crippen molar-refractivity contribution in [1.29, 1.82) is 0 Å². The monoisotopic (exact) mass is 283 g/mol. The lowest BCUT2D eigenvalue weighted by Crippen LogP contribution is -2.28. The van der Waals surface area contributed by atoms with Crippen molar-refractivity contribution in [1.82, 2.24) is 10.3 Å². The van der Waals surface area contributed by atoms with Crippen LogP contribution in [-0.2, 0) is 0 Å². The molecule has 2 rings (SSSR count). The first-order valence-corrected chi connectivity index (χ1v) is 6.54. The van der Waals surface area contributed by atoms with Crippen LogP contribution in [0.3, 0.4) is 0 Å². The van der Waals surface area contributed by atoms with Crippen molar-refractivity contribution in [3.8, 4) is 0 Å². The Morgan fingerprint density at radius 3 is 2.89 bits per heavy atom. The van der Waals surface area contributed by atoms with Crippen LogP contribution in [0.15, 0.2) is 12.3 Å². The Labute approximate surface area is 115 Å². The highest BCUT2D eigenvalue weighted by atomic mass is 35.5. The molecule has 1 saturated carbocycles. The summed E-state index contributed by atoms with van der Waals surface area (Å²) in [7, 11) is 0. The number of nitrogens with one attached hydrogen (secondary N) is 1. The van der Waals surface area contributed by atoms with Crippen LogP contribution in [0.25, 0.3) is 0 Å². The van der Waals surface area contributed by atoms with Gasteiger partial charge in [-0.15, -0.1) is 0 Å². The van der Waals surface area contributed by atoms with E-state index in [0.29, 0.717) is 12.5 Å². The van der Waals surface area contributed by atoms with Crippen LogP contribution in [0.4, 0.5) is 5.69 Å². The Morgan fingerprint density at radius 1 is 1.58 bits per heavy atom. The van der Waals surface area contributed by atoms with Crippen LogP contribution in [0.1, 0.15) is 36.0 Å². The number of amides is 1. The van der Waals surface area contributed by atoms with Gasteiger partial charge in [0.1, 0.15) is 16.9 Å². The van der Waals surface area contributed by atoms with Crippen LogP contribution in [0, 0.1) is 16.0 Å². The number of pyridine rings is 1. The van der Waals surface area contributed by atoms with Gasteiger partial charge in [0.05, 0.1) is 4.92 Å². The number of nitrogens with zero attached hydrogens (tertiary/aromatic N) is 2. The minimum atomic E-state index is -0.635. The van der Waals surface area contributed by atoms with Crippen LogP contribution in [0.5, 0.6) is 0 Å². The molecule has 19 heavy (non-hydrogen) atoms. The Hall–Kier alpha value is -1.69. The largest absolute Gasteiger partial charge is 0.352 e. The molecule has 0 saturated heterocycles. The average molecular weight is 284 g/mol. The van der Waals surface area contributed by atoms with E-state index in [2.05, 4.69) is 10.3 Å². The van der Waals surface area contributed by atoms with Gasteiger partial charge in [0.25, 0.3) is 11.6 Å². The lowest BCUT2D eigenvalue weighted by molar-refractivity contribution is -0.385. The first kappa shape index (κ1) is 13.7. The Morgan fingerprint density at radius 2 is 2.32 bits per heavy atom. The van der Waals surface area contributed by atoms with Gasteiger partial charge in [-0.2, -0.15) is 0 Å². The minimum Gasteiger partial charge on any atom is -0.352 e. The molecule has 1 fully saturated rings. The van der Waals surface area contributed by atoms with Crippen molar-refractivity contribution in [2.75, 3.05) is 6.54 Å². The highest BCUT2D eigenvalue weighted by Crippen LogP contribution is 2.28. The number of carbonyl (C=O) groups excluding carboxylic acids is 1. The Kier molecular flexibility index (Phi) is 4.31. The predicted octanol–water partition coefficient (Wildman–Crippen LogP) is 2.56. The van der Waals surface area contributed by atoms with Crippen LogP contribution in [-0.4, -0.2) is 22.4 Å². The Bertz CT molecular complexity index is 503. The first-order valence-electron chi connectivity index (χ1n) is 6.16. The fourth-order valence-corrected chi connectivity index (χ4v) is 2.17. The van der Waals surface area contributed by atoms with E-state index in [1.165, 1.54) is 25.3 Å². The molecule has 0 radical (unpaired) electrons. The van der Waals surface area contributed by atoms with Crippen molar-refractivity contribution in [3.63, 3.8) is 0 Å². The summed E-state index contributed by atoms with van der Waals surface area (Å²) in [6.07, 6.45) is 5.58. The van der Waals surface area contributed by atoms with E-state index in [1.54, 1.807) is 0 Å². The van der Waals surface area contributed by atoms with E-state index in [-0.39, 0.29) is 16.4 Å². The number of halogens is 1. The molecule has 0 atom stereocenters. The maximum absolute atomic E-state index is 11.9. The summed E-state index contributed by atoms with van der Waals surface area (Å²) in [5, 5.41) is 13.6. The zero-order chi connectivity index (χ0) is 13.8. The maximum Gasteiger partial charge on any atom is 0.300 e. The molecular formula is C12H14ClN3O3. The van der Waals surface area contributed by atoms with Crippen LogP contribution < -0.4 is 5.32 Å². The quantitative estimate of drug-likeness (QED) is 0.511. The molecule has 1 heterocycles. The third kappa shape index (κ3) is 3.41. The van der Waals surface area contributed by atoms with Gasteiger partial charge >= 0.3 is 0 Å². The highest BCUT2D eigenvalue weighted by molar-refractivity contribution is 6.29. The van der Waals surface area contributed by atoms with Gasteiger partial charge < -0.3 is 5.32 Å². The van der Waals surface area contributed by atoms with Crippen molar-refractivity contribution in [2.45, 2.75) is 25.7 Å². The number of aromatic nitrogens is 1. The second-order valence-electron chi connectivity index (χ2n) is 4.62. The number of hydrogen-bond donors (Lipinski definition) is 1. The smallest absolute Gasteiger partial charge is 0.300 e. The summed E-state index contributed by atoms with van der Waals surface area (Å²) in [5.74, 6) is 0.201. The Balaban J connectivity index is 2.00. The second kappa shape index (κ2) is 5.97. The summed E-state index contributed by atoms with van der Waals surface area (Å²) < 4.78 is 0. The van der Waals surface area contributed by atoms with Crippen molar-refractivity contribution >= 4 is 23.2 Å². The molecule has 1 aromatic rings. The fourth-order valence-electron chi connectivity index (χ4n) is 2.02. The van der Waals surface area contributed by atoms with Gasteiger partial charge in [0, 0.05) is 6.54 Å². The van der Waals surface area contributed by atoms with Gasteiger partial charge in [0.2, 0.25) is 0 Å². The van der Waals surface area contributed by atoms with Gasteiger partial charge in [-0.25, -0.2) is 4.98 Å². The first-order chi connectivity index (χ1) is 9.08. The lowest BCUT2D eigenvalue weighted by Gasteiger charge is -2.25. The summed E-state index contributed by atoms with van der Waals surface area (Å²) >= 11 is 5.67. The SMILES string of the molecule is O=C(NCCC1CCC1)c1cc(Cl)ncc1[N+](=O)[O-]. The van der Waals surface area contributed by atoms with Crippen LogP contribution in [0.2, 0.25) is 5.15 Å². The van der Waals surface area contributed by atoms with E-state index < -0.39 is 10.8 Å². The van der Waals surface area contributed by atoms with E-state index in [0.717, 1.165) is 12.6 Å².